The quantitative estimate of drug-likeness (QED) is 0.848. The van der Waals surface area contributed by atoms with Crippen LogP contribution in [0.1, 0.15) is 24.2 Å². The lowest BCUT2D eigenvalue weighted by Crippen LogP contribution is -2.47. The number of nitrogens with zero attached hydrogens (tertiary/aromatic N) is 1. The number of nitrogens with one attached hydrogen (secondary N) is 1. The molecule has 0 aromatic heterocycles. The summed E-state index contributed by atoms with van der Waals surface area (Å²) in [5.74, 6) is 2.29. The number of ether oxygens (including phenoxy) is 2. The van der Waals surface area contributed by atoms with Crippen LogP contribution in [0.3, 0.4) is 0 Å². The lowest BCUT2D eigenvalue weighted by Gasteiger charge is -2.24. The van der Waals surface area contributed by atoms with E-state index in [-0.39, 0.29) is 11.8 Å². The zero-order valence-corrected chi connectivity index (χ0v) is 15.3. The Morgan fingerprint density at radius 1 is 1.29 bits per heavy atom. The van der Waals surface area contributed by atoms with Gasteiger partial charge in [-0.25, -0.2) is 0 Å². The monoisotopic (exact) mass is 352 g/mol. The lowest BCUT2D eigenvalue weighted by molar-refractivity contribution is -0.124. The second-order valence-corrected chi connectivity index (χ2v) is 7.00. The van der Waals surface area contributed by atoms with E-state index in [1.165, 1.54) is 7.11 Å². The Labute approximate surface area is 146 Å². The molecule has 1 fully saturated rings. The van der Waals surface area contributed by atoms with E-state index in [4.69, 9.17) is 9.47 Å². The predicted octanol–water partition coefficient (Wildman–Crippen LogP) is 1.99. The van der Waals surface area contributed by atoms with Crippen LogP contribution < -0.4 is 14.8 Å². The van der Waals surface area contributed by atoms with E-state index in [2.05, 4.69) is 5.32 Å². The van der Waals surface area contributed by atoms with Gasteiger partial charge in [0.2, 0.25) is 5.91 Å². The molecule has 132 valence electrons. The van der Waals surface area contributed by atoms with Crippen LogP contribution in [-0.2, 0) is 4.79 Å². The zero-order valence-electron chi connectivity index (χ0n) is 14.5. The van der Waals surface area contributed by atoms with Crippen molar-refractivity contribution in [1.82, 2.24) is 10.2 Å². The number of carbonyl (C=O) groups is 2. The van der Waals surface area contributed by atoms with E-state index in [0.717, 1.165) is 0 Å². The molecule has 1 saturated heterocycles. The molecule has 0 spiro atoms. The summed E-state index contributed by atoms with van der Waals surface area (Å²) in [5.41, 5.74) is 0.483. The first-order valence-electron chi connectivity index (χ1n) is 7.86. The van der Waals surface area contributed by atoms with Gasteiger partial charge in [0.15, 0.2) is 11.5 Å². The highest BCUT2D eigenvalue weighted by molar-refractivity contribution is 7.99. The molecule has 1 heterocycles. The number of hydrogen-bond donors (Lipinski definition) is 1. The average Bonchev–Trinajstić information content (AvgIpc) is 3.07. The SMILES string of the molecule is COc1ccc(C(=O)N2CSCC2C(=O)NCC(C)C)cc1OC. The van der Waals surface area contributed by atoms with Crippen molar-refractivity contribution in [2.45, 2.75) is 19.9 Å². The second-order valence-electron chi connectivity index (χ2n) is 6.00. The molecule has 1 atom stereocenters. The largest absolute Gasteiger partial charge is 0.493 e. The molecule has 0 radical (unpaired) electrons. The van der Waals surface area contributed by atoms with E-state index < -0.39 is 6.04 Å². The maximum absolute atomic E-state index is 12.8. The number of methoxy groups -OCH3 is 2. The fourth-order valence-electron chi connectivity index (χ4n) is 2.42. The highest BCUT2D eigenvalue weighted by atomic mass is 32.2. The fourth-order valence-corrected chi connectivity index (χ4v) is 3.57. The molecule has 24 heavy (non-hydrogen) atoms. The molecular formula is C17H24N2O4S. The molecule has 1 aliphatic heterocycles. The van der Waals surface area contributed by atoms with Crippen molar-refractivity contribution in [2.75, 3.05) is 32.4 Å². The van der Waals surface area contributed by atoms with Crippen LogP contribution in [0.2, 0.25) is 0 Å². The summed E-state index contributed by atoms with van der Waals surface area (Å²) >= 11 is 1.58. The summed E-state index contributed by atoms with van der Waals surface area (Å²) in [6.07, 6.45) is 0. The van der Waals surface area contributed by atoms with Gasteiger partial charge in [-0.2, -0.15) is 0 Å². The van der Waals surface area contributed by atoms with Gasteiger partial charge in [0.25, 0.3) is 5.91 Å². The van der Waals surface area contributed by atoms with Crippen LogP contribution in [0.5, 0.6) is 11.5 Å². The van der Waals surface area contributed by atoms with Gasteiger partial charge in [0.1, 0.15) is 6.04 Å². The molecule has 0 saturated carbocycles. The smallest absolute Gasteiger partial charge is 0.255 e. The molecule has 1 aromatic rings. The summed E-state index contributed by atoms with van der Waals surface area (Å²) in [7, 11) is 3.07. The summed E-state index contributed by atoms with van der Waals surface area (Å²) in [6.45, 7) is 4.69. The third-order valence-corrected chi connectivity index (χ3v) is 4.77. The highest BCUT2D eigenvalue weighted by Gasteiger charge is 2.35. The van der Waals surface area contributed by atoms with E-state index in [0.29, 0.717) is 41.2 Å². The zero-order chi connectivity index (χ0) is 17.7. The molecule has 1 unspecified atom stereocenters. The van der Waals surface area contributed by atoms with Gasteiger partial charge in [-0.1, -0.05) is 13.8 Å². The van der Waals surface area contributed by atoms with Crippen LogP contribution in [0.15, 0.2) is 18.2 Å². The molecule has 2 rings (SSSR count). The Balaban J connectivity index is 2.14. The Hall–Kier alpha value is -1.89. The topological polar surface area (TPSA) is 67.9 Å². The highest BCUT2D eigenvalue weighted by Crippen LogP contribution is 2.30. The number of carbonyl (C=O) groups excluding carboxylic acids is 2. The molecule has 2 amide bonds. The molecule has 0 aliphatic carbocycles. The minimum Gasteiger partial charge on any atom is -0.493 e. The van der Waals surface area contributed by atoms with E-state index in [1.54, 1.807) is 42.0 Å². The maximum atomic E-state index is 12.8. The van der Waals surface area contributed by atoms with E-state index >= 15 is 0 Å². The lowest BCUT2D eigenvalue weighted by atomic mass is 10.1. The molecular weight excluding hydrogens is 328 g/mol. The first-order valence-corrected chi connectivity index (χ1v) is 9.01. The number of rotatable bonds is 6. The van der Waals surface area contributed by atoms with E-state index in [9.17, 15) is 9.59 Å². The number of amides is 2. The van der Waals surface area contributed by atoms with Crippen molar-refractivity contribution >= 4 is 23.6 Å². The third kappa shape index (κ3) is 4.14. The Morgan fingerprint density at radius 2 is 2.00 bits per heavy atom. The molecule has 1 aromatic carbocycles. The van der Waals surface area contributed by atoms with E-state index in [1.807, 2.05) is 13.8 Å². The van der Waals surface area contributed by atoms with Gasteiger partial charge >= 0.3 is 0 Å². The molecule has 1 aliphatic rings. The van der Waals surface area contributed by atoms with Gasteiger partial charge in [0, 0.05) is 17.9 Å². The van der Waals surface area contributed by atoms with Gasteiger partial charge < -0.3 is 19.7 Å². The first-order chi connectivity index (χ1) is 11.5. The van der Waals surface area contributed by atoms with Gasteiger partial charge in [-0.05, 0) is 24.1 Å². The van der Waals surface area contributed by atoms with Crippen molar-refractivity contribution in [1.29, 1.82) is 0 Å². The summed E-state index contributed by atoms with van der Waals surface area (Å²) in [6, 6.07) is 4.60. The van der Waals surface area contributed by atoms with Crippen molar-refractivity contribution in [3.63, 3.8) is 0 Å². The minimum absolute atomic E-state index is 0.0949. The number of hydrogen-bond acceptors (Lipinski definition) is 5. The van der Waals surface area contributed by atoms with Crippen LogP contribution in [0.4, 0.5) is 0 Å². The minimum atomic E-state index is -0.436. The van der Waals surface area contributed by atoms with Gasteiger partial charge in [0.05, 0.1) is 20.1 Å². The Bertz CT molecular complexity index is 606. The first kappa shape index (κ1) is 18.4. The molecule has 7 heteroatoms. The summed E-state index contributed by atoms with van der Waals surface area (Å²) < 4.78 is 10.4. The van der Waals surface area contributed by atoms with Gasteiger partial charge in [-0.15, -0.1) is 11.8 Å². The summed E-state index contributed by atoms with van der Waals surface area (Å²) in [4.78, 5) is 26.8. The Morgan fingerprint density at radius 3 is 2.62 bits per heavy atom. The fraction of sp³-hybridized carbons (Fsp3) is 0.529. The Kier molecular flexibility index (Phi) is 6.36. The average molecular weight is 352 g/mol. The van der Waals surface area contributed by atoms with Gasteiger partial charge in [-0.3, -0.25) is 9.59 Å². The van der Waals surface area contributed by atoms with Crippen molar-refractivity contribution in [3.05, 3.63) is 23.8 Å². The van der Waals surface area contributed by atoms with Crippen LogP contribution in [0, 0.1) is 5.92 Å². The molecule has 0 bridgehead atoms. The third-order valence-electron chi connectivity index (χ3n) is 3.76. The molecule has 1 N–H and O–H groups in total. The maximum Gasteiger partial charge on any atom is 0.255 e. The van der Waals surface area contributed by atoms with Crippen LogP contribution in [0.25, 0.3) is 0 Å². The second kappa shape index (κ2) is 8.28. The van der Waals surface area contributed by atoms with Crippen LogP contribution in [-0.4, -0.2) is 55.2 Å². The number of thioether (sulfide) groups is 1. The van der Waals surface area contributed by atoms with Crippen LogP contribution >= 0.6 is 11.8 Å². The van der Waals surface area contributed by atoms with Crippen molar-refractivity contribution in [2.24, 2.45) is 5.92 Å². The van der Waals surface area contributed by atoms with Crippen molar-refractivity contribution in [3.8, 4) is 11.5 Å². The standard InChI is InChI=1S/C17H24N2O4S/c1-11(2)8-18-16(20)13-9-24-10-19(13)17(21)12-5-6-14(22-3)15(7-12)23-4/h5-7,11,13H,8-10H2,1-4H3,(H,18,20). The summed E-state index contributed by atoms with van der Waals surface area (Å²) in [5, 5.41) is 2.91. The number of benzene rings is 1. The van der Waals surface area contributed by atoms with Crippen molar-refractivity contribution < 1.29 is 19.1 Å². The molecule has 6 nitrogen and oxygen atoms in total. The predicted molar refractivity (Wildman–Crippen MR) is 94.7 cm³/mol. The normalized spacial score (nSPS) is 17.0.